The molecule has 0 saturated carbocycles. The number of allylic oxidation sites excluding steroid dienone is 1. The molecule has 0 aromatic heterocycles. The lowest BCUT2D eigenvalue weighted by Gasteiger charge is -2.23. The summed E-state index contributed by atoms with van der Waals surface area (Å²) >= 11 is 0. The van der Waals surface area contributed by atoms with E-state index in [0.717, 1.165) is 25.0 Å². The van der Waals surface area contributed by atoms with Gasteiger partial charge in [-0.1, -0.05) is 31.6 Å². The summed E-state index contributed by atoms with van der Waals surface area (Å²) in [5.74, 6) is -7.61. The smallest absolute Gasteiger partial charge is 0.201 e. The van der Waals surface area contributed by atoms with Crippen molar-refractivity contribution in [2.24, 2.45) is 0 Å². The molecule has 0 bridgehead atoms. The first kappa shape index (κ1) is 29.5. The number of ether oxygens (including phenoxy) is 3. The maximum atomic E-state index is 14.9. The molecule has 1 unspecified atom stereocenters. The predicted molar refractivity (Wildman–Crippen MR) is 140 cm³/mol. The van der Waals surface area contributed by atoms with Crippen LogP contribution >= 0.6 is 0 Å². The third-order valence-corrected chi connectivity index (χ3v) is 6.78. The van der Waals surface area contributed by atoms with Crippen LogP contribution in [0.5, 0.6) is 11.5 Å². The van der Waals surface area contributed by atoms with Crippen LogP contribution < -0.4 is 9.47 Å². The van der Waals surface area contributed by atoms with E-state index in [1.807, 2.05) is 6.92 Å². The molecular weight excluding hydrogens is 534 g/mol. The van der Waals surface area contributed by atoms with Gasteiger partial charge in [0.15, 0.2) is 34.8 Å². The number of rotatable bonds is 11. The Hall–Kier alpha value is -3.46. The van der Waals surface area contributed by atoms with E-state index in [0.29, 0.717) is 31.4 Å². The highest BCUT2D eigenvalue weighted by molar-refractivity contribution is 5.68. The van der Waals surface area contributed by atoms with Crippen LogP contribution in [0.1, 0.15) is 57.1 Å². The second-order valence-corrected chi connectivity index (χ2v) is 9.45. The van der Waals surface area contributed by atoms with E-state index in [-0.39, 0.29) is 41.9 Å². The van der Waals surface area contributed by atoms with E-state index < -0.39 is 46.0 Å². The molecule has 0 amide bonds. The van der Waals surface area contributed by atoms with Crippen LogP contribution in [0.25, 0.3) is 16.7 Å². The van der Waals surface area contributed by atoms with E-state index >= 15 is 0 Å². The summed E-state index contributed by atoms with van der Waals surface area (Å²) < 4.78 is 104. The Kier molecular flexibility index (Phi) is 9.79. The van der Waals surface area contributed by atoms with Gasteiger partial charge in [0.2, 0.25) is 11.6 Å². The zero-order valence-electron chi connectivity index (χ0n) is 22.3. The van der Waals surface area contributed by atoms with E-state index in [4.69, 9.17) is 14.2 Å². The zero-order valence-corrected chi connectivity index (χ0v) is 22.3. The zero-order chi connectivity index (χ0) is 28.8. The predicted octanol–water partition coefficient (Wildman–Crippen LogP) is 8.92. The molecule has 3 nitrogen and oxygen atoms in total. The Morgan fingerprint density at radius 2 is 1.30 bits per heavy atom. The second-order valence-electron chi connectivity index (χ2n) is 9.45. The van der Waals surface area contributed by atoms with E-state index in [1.165, 1.54) is 24.3 Å². The molecular formula is C31H30F6O3. The number of hydrogen-bond donors (Lipinski definition) is 0. The van der Waals surface area contributed by atoms with Crippen LogP contribution in [0.3, 0.4) is 0 Å². The average molecular weight is 565 g/mol. The molecule has 0 radical (unpaired) electrons. The molecule has 0 saturated heterocycles. The van der Waals surface area contributed by atoms with Gasteiger partial charge in [-0.15, -0.1) is 0 Å². The molecule has 0 fully saturated rings. The number of benzene rings is 3. The topological polar surface area (TPSA) is 27.7 Å². The van der Waals surface area contributed by atoms with Crippen molar-refractivity contribution >= 4 is 5.57 Å². The van der Waals surface area contributed by atoms with E-state index in [9.17, 15) is 26.3 Å². The van der Waals surface area contributed by atoms with Gasteiger partial charge in [-0.25, -0.2) is 17.6 Å². The highest BCUT2D eigenvalue weighted by Gasteiger charge is 2.24. The van der Waals surface area contributed by atoms with Crippen LogP contribution in [-0.2, 0) is 11.3 Å². The van der Waals surface area contributed by atoms with Gasteiger partial charge in [0.05, 0.1) is 25.9 Å². The minimum Gasteiger partial charge on any atom is -0.491 e. The van der Waals surface area contributed by atoms with Crippen molar-refractivity contribution in [3.63, 3.8) is 0 Å². The Morgan fingerprint density at radius 1 is 0.700 bits per heavy atom. The van der Waals surface area contributed by atoms with Gasteiger partial charge in [0.1, 0.15) is 0 Å². The largest absolute Gasteiger partial charge is 0.491 e. The summed E-state index contributed by atoms with van der Waals surface area (Å²) in [6.07, 6.45) is 4.22. The molecule has 0 spiro atoms. The normalized spacial score (nSPS) is 15.2. The first-order valence-corrected chi connectivity index (χ1v) is 13.3. The molecule has 40 heavy (non-hydrogen) atoms. The quantitative estimate of drug-likeness (QED) is 0.172. The van der Waals surface area contributed by atoms with Gasteiger partial charge in [0.25, 0.3) is 0 Å². The molecule has 0 aliphatic heterocycles. The minimum absolute atomic E-state index is 0.0883. The summed E-state index contributed by atoms with van der Waals surface area (Å²) in [6, 6.07) is 7.62. The van der Waals surface area contributed by atoms with Gasteiger partial charge in [-0.3, -0.25) is 0 Å². The standard InChI is InChI=1S/C31H30F6O3/c1-3-5-16-39-25-14-12-21(27(33)31(25)37)18-6-9-20(10-7-18)40-17-19-8-11-22(28(34)26(19)32)23-13-15-24(38-4-2)30(36)29(23)35/h6,8,11-15,20H,3-5,7,9-10,16-17H2,1-2H3. The summed E-state index contributed by atoms with van der Waals surface area (Å²) in [5, 5.41) is 0. The van der Waals surface area contributed by atoms with Crippen LogP contribution in [0.2, 0.25) is 0 Å². The lowest BCUT2D eigenvalue weighted by Crippen LogP contribution is -2.16. The number of halogens is 6. The van der Waals surface area contributed by atoms with Crippen molar-refractivity contribution in [1.29, 1.82) is 0 Å². The molecule has 1 aliphatic rings. The molecule has 1 aliphatic carbocycles. The fourth-order valence-electron chi connectivity index (χ4n) is 4.55. The highest BCUT2D eigenvalue weighted by Crippen LogP contribution is 2.35. The summed E-state index contributed by atoms with van der Waals surface area (Å²) in [4.78, 5) is 0. The molecule has 1 atom stereocenters. The Bertz CT molecular complexity index is 1390. The Balaban J connectivity index is 1.41. The third kappa shape index (κ3) is 6.30. The van der Waals surface area contributed by atoms with Crippen LogP contribution in [0.4, 0.5) is 26.3 Å². The molecule has 3 aromatic carbocycles. The van der Waals surface area contributed by atoms with Gasteiger partial charge < -0.3 is 14.2 Å². The molecule has 3 aromatic rings. The monoisotopic (exact) mass is 564 g/mol. The van der Waals surface area contributed by atoms with E-state index in [2.05, 4.69) is 0 Å². The maximum Gasteiger partial charge on any atom is 0.201 e. The van der Waals surface area contributed by atoms with Crippen LogP contribution in [0, 0.1) is 34.9 Å². The van der Waals surface area contributed by atoms with Crippen LogP contribution in [0.15, 0.2) is 42.5 Å². The molecule has 0 heterocycles. The van der Waals surface area contributed by atoms with Crippen LogP contribution in [-0.4, -0.2) is 19.3 Å². The van der Waals surface area contributed by atoms with Crippen molar-refractivity contribution in [3.8, 4) is 22.6 Å². The minimum atomic E-state index is -1.34. The molecule has 9 heteroatoms. The Labute approximate surface area is 229 Å². The van der Waals surface area contributed by atoms with Crippen molar-refractivity contribution in [2.45, 2.75) is 58.7 Å². The molecule has 0 N–H and O–H groups in total. The second kappa shape index (κ2) is 13.3. The van der Waals surface area contributed by atoms with Crippen molar-refractivity contribution in [3.05, 3.63) is 88.5 Å². The molecule has 214 valence electrons. The lowest BCUT2D eigenvalue weighted by molar-refractivity contribution is 0.0342. The molecule has 4 rings (SSSR count). The fraction of sp³-hybridized carbons (Fsp3) is 0.355. The number of unbranched alkanes of at least 4 members (excludes halogenated alkanes) is 1. The Morgan fingerprint density at radius 3 is 1.93 bits per heavy atom. The summed E-state index contributed by atoms with van der Waals surface area (Å²) in [5.41, 5.74) is -0.168. The van der Waals surface area contributed by atoms with Gasteiger partial charge in [-0.2, -0.15) is 8.78 Å². The SMILES string of the molecule is CCCCOc1ccc(C2=CCC(OCc3ccc(-c4ccc(OCC)c(F)c4F)c(F)c3F)CC2)c(F)c1F. The van der Waals surface area contributed by atoms with Crippen molar-refractivity contribution in [2.75, 3.05) is 13.2 Å². The third-order valence-electron chi connectivity index (χ3n) is 6.78. The van der Waals surface area contributed by atoms with Gasteiger partial charge >= 0.3 is 0 Å². The lowest BCUT2D eigenvalue weighted by atomic mass is 9.91. The van der Waals surface area contributed by atoms with Gasteiger partial charge in [0, 0.05) is 22.3 Å². The fourth-order valence-corrected chi connectivity index (χ4v) is 4.55. The number of hydrogen-bond acceptors (Lipinski definition) is 3. The van der Waals surface area contributed by atoms with Crippen molar-refractivity contribution < 1.29 is 40.6 Å². The summed E-state index contributed by atoms with van der Waals surface area (Å²) in [7, 11) is 0. The average Bonchev–Trinajstić information content (AvgIpc) is 2.95. The first-order valence-electron chi connectivity index (χ1n) is 13.3. The summed E-state index contributed by atoms with van der Waals surface area (Å²) in [6.45, 7) is 3.73. The maximum absolute atomic E-state index is 14.9. The van der Waals surface area contributed by atoms with Crippen molar-refractivity contribution in [1.82, 2.24) is 0 Å². The van der Waals surface area contributed by atoms with Gasteiger partial charge in [-0.05, 0) is 62.4 Å². The van der Waals surface area contributed by atoms with E-state index in [1.54, 1.807) is 13.0 Å². The first-order chi connectivity index (χ1) is 19.3. The highest BCUT2D eigenvalue weighted by atomic mass is 19.2.